The van der Waals surface area contributed by atoms with Gasteiger partial charge in [0.15, 0.2) is 0 Å². The van der Waals surface area contributed by atoms with E-state index in [0.717, 1.165) is 31.4 Å². The molecule has 0 bridgehead atoms. The normalized spacial score (nSPS) is 27.6. The molecule has 6 nitrogen and oxygen atoms in total. The van der Waals surface area contributed by atoms with E-state index in [4.69, 9.17) is 4.74 Å². The molecule has 2 amide bonds. The van der Waals surface area contributed by atoms with Crippen molar-refractivity contribution in [1.82, 2.24) is 15.1 Å². The standard InChI is InChI=1S/C26H39N3O3/c1-32-18-8-15-27-24(30)14-5-13-23-22-12-7-17-28-16-6-11-21(25(22)28)19-29(23)26(31)20-9-3-2-4-10-20/h2-4,9-10,21-23,25H,5-8,11-19H2,1H3,(H,27,30)/t21-,22+,23+,25-/m0/s1. The Bertz CT molecular complexity index is 754. The van der Waals surface area contributed by atoms with Gasteiger partial charge >= 0.3 is 0 Å². The van der Waals surface area contributed by atoms with E-state index < -0.39 is 0 Å². The zero-order valence-electron chi connectivity index (χ0n) is 19.5. The number of amides is 2. The van der Waals surface area contributed by atoms with Crippen LogP contribution in [0.5, 0.6) is 0 Å². The maximum Gasteiger partial charge on any atom is 0.254 e. The summed E-state index contributed by atoms with van der Waals surface area (Å²) in [5, 5.41) is 3.00. The minimum atomic E-state index is 0.110. The van der Waals surface area contributed by atoms with Gasteiger partial charge in [0.2, 0.25) is 5.91 Å². The molecule has 1 N–H and O–H groups in total. The van der Waals surface area contributed by atoms with Crippen LogP contribution in [0.2, 0.25) is 0 Å². The Morgan fingerprint density at radius 1 is 1.09 bits per heavy atom. The molecule has 1 aromatic rings. The molecule has 0 saturated carbocycles. The SMILES string of the molecule is COCCCNC(=O)CCC[C@@H]1[C@H]2CCCN3CCC[C@@H](CN1C(=O)c1ccccc1)[C@@H]23. The number of ether oxygens (including phenoxy) is 1. The number of carbonyl (C=O) groups excluding carboxylic acids is 2. The van der Waals surface area contributed by atoms with E-state index in [-0.39, 0.29) is 17.9 Å². The van der Waals surface area contributed by atoms with Crippen LogP contribution >= 0.6 is 0 Å². The Labute approximate surface area is 192 Å². The zero-order chi connectivity index (χ0) is 22.3. The molecule has 3 fully saturated rings. The first-order valence-electron chi connectivity index (χ1n) is 12.5. The molecule has 4 rings (SSSR count). The van der Waals surface area contributed by atoms with Crippen molar-refractivity contribution in [1.29, 1.82) is 0 Å². The number of benzene rings is 1. The predicted octanol–water partition coefficient (Wildman–Crippen LogP) is 3.32. The van der Waals surface area contributed by atoms with Crippen LogP contribution in [0.25, 0.3) is 0 Å². The Morgan fingerprint density at radius 3 is 2.66 bits per heavy atom. The molecule has 0 unspecified atom stereocenters. The minimum Gasteiger partial charge on any atom is -0.385 e. The predicted molar refractivity (Wildman–Crippen MR) is 125 cm³/mol. The lowest BCUT2D eigenvalue weighted by Gasteiger charge is -2.57. The Balaban J connectivity index is 1.44. The van der Waals surface area contributed by atoms with Crippen LogP contribution in [-0.4, -0.2) is 73.6 Å². The molecule has 4 atom stereocenters. The van der Waals surface area contributed by atoms with Crippen molar-refractivity contribution in [2.45, 2.75) is 63.5 Å². The lowest BCUT2D eigenvalue weighted by molar-refractivity contribution is -0.121. The van der Waals surface area contributed by atoms with Crippen LogP contribution in [0.3, 0.4) is 0 Å². The van der Waals surface area contributed by atoms with E-state index in [1.165, 1.54) is 38.8 Å². The third-order valence-electron chi connectivity index (χ3n) is 7.70. The summed E-state index contributed by atoms with van der Waals surface area (Å²) in [4.78, 5) is 30.8. The van der Waals surface area contributed by atoms with Gasteiger partial charge in [-0.3, -0.25) is 14.5 Å². The van der Waals surface area contributed by atoms with E-state index >= 15 is 0 Å². The van der Waals surface area contributed by atoms with Crippen molar-refractivity contribution in [2.75, 3.05) is 39.9 Å². The second-order valence-corrected chi connectivity index (χ2v) is 9.71. The molecule has 32 heavy (non-hydrogen) atoms. The fourth-order valence-corrected chi connectivity index (χ4v) is 6.35. The summed E-state index contributed by atoms with van der Waals surface area (Å²) in [7, 11) is 1.68. The fraction of sp³-hybridized carbons (Fsp3) is 0.692. The summed E-state index contributed by atoms with van der Waals surface area (Å²) >= 11 is 0. The summed E-state index contributed by atoms with van der Waals surface area (Å²) in [5.74, 6) is 1.39. The van der Waals surface area contributed by atoms with Crippen LogP contribution in [0.15, 0.2) is 30.3 Å². The lowest BCUT2D eigenvalue weighted by Crippen LogP contribution is -2.65. The molecular weight excluding hydrogens is 402 g/mol. The lowest BCUT2D eigenvalue weighted by atomic mass is 9.69. The monoisotopic (exact) mass is 441 g/mol. The number of hydrogen-bond donors (Lipinski definition) is 1. The van der Waals surface area contributed by atoms with Crippen molar-refractivity contribution < 1.29 is 14.3 Å². The van der Waals surface area contributed by atoms with Crippen molar-refractivity contribution in [3.05, 3.63) is 35.9 Å². The van der Waals surface area contributed by atoms with Gasteiger partial charge in [0.25, 0.3) is 5.91 Å². The first-order valence-corrected chi connectivity index (χ1v) is 12.5. The minimum absolute atomic E-state index is 0.110. The maximum atomic E-state index is 13.6. The largest absolute Gasteiger partial charge is 0.385 e. The van der Waals surface area contributed by atoms with E-state index in [2.05, 4.69) is 15.1 Å². The molecule has 0 aliphatic carbocycles. The quantitative estimate of drug-likeness (QED) is 0.597. The smallest absolute Gasteiger partial charge is 0.254 e. The van der Waals surface area contributed by atoms with Crippen LogP contribution in [-0.2, 0) is 9.53 Å². The van der Waals surface area contributed by atoms with Crippen molar-refractivity contribution in [3.63, 3.8) is 0 Å². The number of methoxy groups -OCH3 is 1. The summed E-state index contributed by atoms with van der Waals surface area (Å²) < 4.78 is 5.04. The summed E-state index contributed by atoms with van der Waals surface area (Å²) in [6, 6.07) is 10.6. The van der Waals surface area contributed by atoms with Crippen molar-refractivity contribution >= 4 is 11.8 Å². The third kappa shape index (κ3) is 5.34. The second-order valence-electron chi connectivity index (χ2n) is 9.71. The first kappa shape index (κ1) is 23.2. The van der Waals surface area contributed by atoms with Gasteiger partial charge in [0, 0.05) is 50.9 Å². The number of likely N-dealkylation sites (tertiary alicyclic amines) is 1. The Morgan fingerprint density at radius 2 is 1.88 bits per heavy atom. The topological polar surface area (TPSA) is 61.9 Å². The zero-order valence-corrected chi connectivity index (χ0v) is 19.5. The van der Waals surface area contributed by atoms with Gasteiger partial charge in [0.05, 0.1) is 0 Å². The molecule has 6 heteroatoms. The van der Waals surface area contributed by atoms with Crippen LogP contribution in [0, 0.1) is 11.8 Å². The number of rotatable bonds is 9. The average Bonchev–Trinajstić information content (AvgIpc) is 2.83. The van der Waals surface area contributed by atoms with Gasteiger partial charge < -0.3 is 15.0 Å². The van der Waals surface area contributed by atoms with Crippen molar-refractivity contribution in [2.24, 2.45) is 11.8 Å². The molecule has 176 valence electrons. The molecule has 0 radical (unpaired) electrons. The van der Waals surface area contributed by atoms with Gasteiger partial charge in [0.1, 0.15) is 0 Å². The highest BCUT2D eigenvalue weighted by Gasteiger charge is 2.49. The van der Waals surface area contributed by atoms with Crippen molar-refractivity contribution in [3.8, 4) is 0 Å². The molecular formula is C26H39N3O3. The number of carbonyl (C=O) groups is 2. The first-order chi connectivity index (χ1) is 15.7. The van der Waals surface area contributed by atoms with Crippen LogP contribution < -0.4 is 5.32 Å². The number of piperidine rings is 3. The van der Waals surface area contributed by atoms with Gasteiger partial charge in [-0.25, -0.2) is 0 Å². The van der Waals surface area contributed by atoms with E-state index in [9.17, 15) is 9.59 Å². The maximum absolute atomic E-state index is 13.6. The van der Waals surface area contributed by atoms with Gasteiger partial charge in [-0.2, -0.15) is 0 Å². The van der Waals surface area contributed by atoms with E-state index in [0.29, 0.717) is 37.5 Å². The fourth-order valence-electron chi connectivity index (χ4n) is 6.35. The molecule has 0 aromatic heterocycles. The van der Waals surface area contributed by atoms with Crippen LogP contribution in [0.1, 0.15) is 61.7 Å². The van der Waals surface area contributed by atoms with Gasteiger partial charge in [-0.05, 0) is 82.0 Å². The molecule has 3 aliphatic heterocycles. The molecule has 3 aliphatic rings. The van der Waals surface area contributed by atoms with Crippen LogP contribution in [0.4, 0.5) is 0 Å². The molecule has 1 aromatic carbocycles. The van der Waals surface area contributed by atoms with Gasteiger partial charge in [-0.1, -0.05) is 18.2 Å². The van der Waals surface area contributed by atoms with E-state index in [1.54, 1.807) is 7.11 Å². The number of nitrogens with zero attached hydrogens (tertiary/aromatic N) is 2. The Kier molecular flexibility index (Phi) is 8.20. The average molecular weight is 442 g/mol. The number of hydrogen-bond acceptors (Lipinski definition) is 4. The highest BCUT2D eigenvalue weighted by Crippen LogP contribution is 2.43. The summed E-state index contributed by atoms with van der Waals surface area (Å²) in [6.07, 6.45) is 8.00. The molecule has 3 saturated heterocycles. The third-order valence-corrected chi connectivity index (χ3v) is 7.70. The van der Waals surface area contributed by atoms with E-state index in [1.807, 2.05) is 30.3 Å². The highest BCUT2D eigenvalue weighted by molar-refractivity contribution is 5.94. The summed E-state index contributed by atoms with van der Waals surface area (Å²) in [6.45, 7) is 4.61. The number of nitrogens with one attached hydrogen (secondary N) is 1. The molecule has 3 heterocycles. The second kappa shape index (κ2) is 11.3. The summed E-state index contributed by atoms with van der Waals surface area (Å²) in [5.41, 5.74) is 0.787. The van der Waals surface area contributed by atoms with Gasteiger partial charge in [-0.15, -0.1) is 0 Å². The Hall–Kier alpha value is -1.92. The molecule has 0 spiro atoms. The highest BCUT2D eigenvalue weighted by atomic mass is 16.5.